The summed E-state index contributed by atoms with van der Waals surface area (Å²) >= 11 is 0. The lowest BCUT2D eigenvalue weighted by Crippen LogP contribution is -2.71. The van der Waals surface area contributed by atoms with Gasteiger partial charge in [0.25, 0.3) is 11.8 Å². The molecule has 1 saturated heterocycles. The first-order valence-electron chi connectivity index (χ1n) is 8.26. The number of carbonyl (C=O) groups excluding carboxylic acids is 4. The predicted molar refractivity (Wildman–Crippen MR) is 86.7 cm³/mol. The summed E-state index contributed by atoms with van der Waals surface area (Å²) < 4.78 is 9.53. The highest BCUT2D eigenvalue weighted by atomic mass is 16.7. The largest absolute Gasteiger partial charge is 0.464 e. The third-order valence-corrected chi connectivity index (χ3v) is 3.67. The number of hydrogen-bond donors (Lipinski definition) is 0. The Labute approximate surface area is 152 Å². The molecule has 0 N–H and O–H groups in total. The van der Waals surface area contributed by atoms with Gasteiger partial charge in [-0.05, 0) is 41.5 Å². The molecule has 0 saturated carbocycles. The van der Waals surface area contributed by atoms with Crippen molar-refractivity contribution in [2.75, 3.05) is 26.4 Å². The van der Waals surface area contributed by atoms with E-state index in [0.717, 1.165) is 10.1 Å². The van der Waals surface area contributed by atoms with Crippen molar-refractivity contribution in [3.63, 3.8) is 0 Å². The van der Waals surface area contributed by atoms with E-state index in [1.54, 1.807) is 13.8 Å². The summed E-state index contributed by atoms with van der Waals surface area (Å²) in [6, 6.07) is 0. The minimum absolute atomic E-state index is 0.165. The highest BCUT2D eigenvalue weighted by Gasteiger charge is 2.57. The van der Waals surface area contributed by atoms with Crippen LogP contribution >= 0.6 is 0 Å². The molecule has 10 nitrogen and oxygen atoms in total. The fraction of sp³-hybridized carbons (Fsp3) is 0.750. The van der Waals surface area contributed by atoms with Gasteiger partial charge in [0.15, 0.2) is 18.9 Å². The van der Waals surface area contributed by atoms with Gasteiger partial charge in [0.2, 0.25) is 0 Å². The van der Waals surface area contributed by atoms with E-state index in [-0.39, 0.29) is 13.2 Å². The maximum absolute atomic E-state index is 12.7. The van der Waals surface area contributed by atoms with Crippen LogP contribution in [0.5, 0.6) is 0 Å². The molecule has 2 amide bonds. The summed E-state index contributed by atoms with van der Waals surface area (Å²) in [5.41, 5.74) is -2.93. The van der Waals surface area contributed by atoms with Crippen LogP contribution in [0.15, 0.2) is 0 Å². The summed E-state index contributed by atoms with van der Waals surface area (Å²) in [6.45, 7) is 8.33. The van der Waals surface area contributed by atoms with Gasteiger partial charge in [-0.1, -0.05) is 0 Å². The van der Waals surface area contributed by atoms with Crippen molar-refractivity contribution >= 4 is 23.8 Å². The number of nitrogens with zero attached hydrogens (tertiary/aromatic N) is 2. The van der Waals surface area contributed by atoms with Gasteiger partial charge in [-0.15, -0.1) is 0 Å². The molecule has 0 aromatic heterocycles. The third-order valence-electron chi connectivity index (χ3n) is 3.67. The first-order valence-corrected chi connectivity index (χ1v) is 8.26. The van der Waals surface area contributed by atoms with Crippen molar-refractivity contribution in [2.45, 2.75) is 47.2 Å². The standard InChI is InChI=1S/C16H26N2O8/c1-7-23-11(19)9-25-17-13(21)15(3,4)14(22)18(16(17,5)6)26-10-12(20)24-8-2/h7-10H2,1-6H3. The number of carbonyl (C=O) groups is 4. The highest BCUT2D eigenvalue weighted by molar-refractivity contribution is 6.06. The van der Waals surface area contributed by atoms with Gasteiger partial charge in [-0.2, -0.15) is 10.1 Å². The van der Waals surface area contributed by atoms with E-state index < -0.39 is 48.0 Å². The highest BCUT2D eigenvalue weighted by Crippen LogP contribution is 2.37. The van der Waals surface area contributed by atoms with E-state index in [2.05, 4.69) is 0 Å². The molecule has 0 radical (unpaired) electrons. The van der Waals surface area contributed by atoms with Gasteiger partial charge in [-0.25, -0.2) is 9.59 Å². The van der Waals surface area contributed by atoms with Gasteiger partial charge in [0.05, 0.1) is 13.2 Å². The summed E-state index contributed by atoms with van der Waals surface area (Å²) in [7, 11) is 0. The van der Waals surface area contributed by atoms with Crippen LogP contribution in [0.2, 0.25) is 0 Å². The van der Waals surface area contributed by atoms with Gasteiger partial charge in [-0.3, -0.25) is 19.3 Å². The Kier molecular flexibility index (Phi) is 7.10. The first kappa shape index (κ1) is 21.8. The molecule has 0 atom stereocenters. The van der Waals surface area contributed by atoms with Crippen molar-refractivity contribution in [3.05, 3.63) is 0 Å². The lowest BCUT2D eigenvalue weighted by molar-refractivity contribution is -0.324. The molecule has 0 aromatic rings. The molecule has 148 valence electrons. The van der Waals surface area contributed by atoms with Gasteiger partial charge >= 0.3 is 11.9 Å². The van der Waals surface area contributed by atoms with Crippen LogP contribution in [0.3, 0.4) is 0 Å². The first-order chi connectivity index (χ1) is 12.0. The van der Waals surface area contributed by atoms with E-state index >= 15 is 0 Å². The minimum atomic E-state index is -1.52. The molecule has 1 fully saturated rings. The SMILES string of the molecule is CCOC(=O)CON1C(=O)C(C)(C)C(=O)N(OCC(=O)OCC)C1(C)C. The molecule has 1 aliphatic rings. The van der Waals surface area contributed by atoms with Crippen LogP contribution in [-0.2, 0) is 38.3 Å². The molecule has 26 heavy (non-hydrogen) atoms. The zero-order valence-corrected chi connectivity index (χ0v) is 16.0. The smallest absolute Gasteiger partial charge is 0.334 e. The Morgan fingerprint density at radius 1 is 0.808 bits per heavy atom. The zero-order valence-electron chi connectivity index (χ0n) is 16.0. The molecule has 1 heterocycles. The molecule has 0 spiro atoms. The third kappa shape index (κ3) is 4.50. The molecule has 0 unspecified atom stereocenters. The number of hydrogen-bond acceptors (Lipinski definition) is 8. The average molecular weight is 374 g/mol. The fourth-order valence-corrected chi connectivity index (χ4v) is 2.25. The average Bonchev–Trinajstić information content (AvgIpc) is 2.53. The number of esters is 2. The number of ether oxygens (including phenoxy) is 2. The van der Waals surface area contributed by atoms with Crippen LogP contribution in [0.4, 0.5) is 0 Å². The van der Waals surface area contributed by atoms with Gasteiger partial charge < -0.3 is 9.47 Å². The molecule has 10 heteroatoms. The summed E-state index contributed by atoms with van der Waals surface area (Å²) in [5.74, 6) is -2.62. The lowest BCUT2D eigenvalue weighted by Gasteiger charge is -2.51. The Hall–Kier alpha value is -2.20. The molecule has 0 aromatic carbocycles. The molecular weight excluding hydrogens is 348 g/mol. The molecule has 0 bridgehead atoms. The minimum Gasteiger partial charge on any atom is -0.464 e. The fourth-order valence-electron chi connectivity index (χ4n) is 2.25. The Morgan fingerprint density at radius 3 is 1.46 bits per heavy atom. The number of amides is 2. The second kappa shape index (κ2) is 8.45. The summed E-state index contributed by atoms with van der Waals surface area (Å²) in [4.78, 5) is 59.1. The van der Waals surface area contributed by atoms with Crippen LogP contribution in [0, 0.1) is 5.41 Å². The van der Waals surface area contributed by atoms with E-state index in [9.17, 15) is 19.2 Å². The van der Waals surface area contributed by atoms with Crippen molar-refractivity contribution in [1.29, 1.82) is 0 Å². The molecule has 1 aliphatic heterocycles. The van der Waals surface area contributed by atoms with Crippen LogP contribution in [-0.4, -0.2) is 66.0 Å². The van der Waals surface area contributed by atoms with Crippen molar-refractivity contribution in [2.24, 2.45) is 5.41 Å². The topological polar surface area (TPSA) is 112 Å². The molecule has 0 aliphatic carbocycles. The zero-order chi connectivity index (χ0) is 20.1. The van der Waals surface area contributed by atoms with E-state index in [1.807, 2.05) is 0 Å². The van der Waals surface area contributed by atoms with E-state index in [1.165, 1.54) is 27.7 Å². The van der Waals surface area contributed by atoms with Crippen molar-refractivity contribution in [3.8, 4) is 0 Å². The van der Waals surface area contributed by atoms with E-state index in [4.69, 9.17) is 19.1 Å². The summed E-state index contributed by atoms with van der Waals surface area (Å²) in [5, 5.41) is 1.77. The van der Waals surface area contributed by atoms with Crippen LogP contribution in [0.25, 0.3) is 0 Å². The molecule has 1 rings (SSSR count). The number of hydroxylamine groups is 4. The summed E-state index contributed by atoms with van der Waals surface area (Å²) in [6.07, 6.45) is 0. The quantitative estimate of drug-likeness (QED) is 0.444. The molecular formula is C16H26N2O8. The van der Waals surface area contributed by atoms with Crippen LogP contribution < -0.4 is 0 Å². The van der Waals surface area contributed by atoms with Gasteiger partial charge in [0, 0.05) is 0 Å². The Balaban J connectivity index is 3.02. The lowest BCUT2D eigenvalue weighted by atomic mass is 9.86. The van der Waals surface area contributed by atoms with Crippen molar-refractivity contribution < 1.29 is 38.3 Å². The maximum atomic E-state index is 12.7. The van der Waals surface area contributed by atoms with E-state index in [0.29, 0.717) is 0 Å². The monoisotopic (exact) mass is 374 g/mol. The predicted octanol–water partition coefficient (Wildman–Crippen LogP) is 0.409. The normalized spacial score (nSPS) is 18.7. The Bertz CT molecular complexity index is 527. The van der Waals surface area contributed by atoms with Gasteiger partial charge in [0.1, 0.15) is 5.41 Å². The maximum Gasteiger partial charge on any atom is 0.334 e. The number of rotatable bonds is 8. The second-order valence-electron chi connectivity index (χ2n) is 6.48. The van der Waals surface area contributed by atoms with Crippen molar-refractivity contribution in [1.82, 2.24) is 10.1 Å². The second-order valence-corrected chi connectivity index (χ2v) is 6.48. The Morgan fingerprint density at radius 2 is 1.15 bits per heavy atom. The van der Waals surface area contributed by atoms with Crippen LogP contribution in [0.1, 0.15) is 41.5 Å².